The predicted octanol–water partition coefficient (Wildman–Crippen LogP) is 2.25. The molecule has 0 N–H and O–H groups in total. The van der Waals surface area contributed by atoms with E-state index in [2.05, 4.69) is 48.2 Å². The monoisotopic (exact) mass is 408 g/mol. The van der Waals surface area contributed by atoms with Gasteiger partial charge in [0, 0.05) is 44.9 Å². The van der Waals surface area contributed by atoms with Gasteiger partial charge in [0.25, 0.3) is 0 Å². The van der Waals surface area contributed by atoms with Crippen molar-refractivity contribution in [3.63, 3.8) is 0 Å². The Morgan fingerprint density at radius 3 is 2.67 bits per heavy atom. The largest absolute Gasteiger partial charge is 0.376 e. The van der Waals surface area contributed by atoms with Crippen LogP contribution >= 0.6 is 0 Å². The summed E-state index contributed by atoms with van der Waals surface area (Å²) in [6.45, 7) is 9.40. The number of nitrogens with zero attached hydrogens (tertiary/aromatic N) is 8. The number of ether oxygens (including phenoxy) is 1. The second-order valence-corrected chi connectivity index (χ2v) is 8.30. The first-order valence-corrected chi connectivity index (χ1v) is 10.8. The first kappa shape index (κ1) is 19.2. The van der Waals surface area contributed by atoms with Gasteiger partial charge in [-0.25, -0.2) is 24.9 Å². The first-order valence-electron chi connectivity index (χ1n) is 10.8. The molecule has 30 heavy (non-hydrogen) atoms. The summed E-state index contributed by atoms with van der Waals surface area (Å²) in [5.74, 6) is 3.13. The number of imidazole rings is 1. The van der Waals surface area contributed by atoms with E-state index in [1.165, 1.54) is 0 Å². The van der Waals surface area contributed by atoms with Crippen molar-refractivity contribution in [2.45, 2.75) is 45.3 Å². The van der Waals surface area contributed by atoms with Crippen LogP contribution < -0.4 is 9.80 Å². The van der Waals surface area contributed by atoms with Gasteiger partial charge in [-0.1, -0.05) is 13.8 Å². The van der Waals surface area contributed by atoms with Gasteiger partial charge in [-0.05, 0) is 18.9 Å². The highest BCUT2D eigenvalue weighted by Gasteiger charge is 2.24. The summed E-state index contributed by atoms with van der Waals surface area (Å²) >= 11 is 0. The summed E-state index contributed by atoms with van der Waals surface area (Å²) < 4.78 is 7.88. The van der Waals surface area contributed by atoms with Crippen LogP contribution in [0.1, 0.15) is 38.4 Å². The van der Waals surface area contributed by atoms with Crippen LogP contribution in [0.5, 0.6) is 0 Å². The lowest BCUT2D eigenvalue weighted by atomic mass is 10.2. The molecule has 0 saturated carbocycles. The molecule has 158 valence electrons. The van der Waals surface area contributed by atoms with Crippen molar-refractivity contribution in [2.24, 2.45) is 0 Å². The molecule has 2 fully saturated rings. The summed E-state index contributed by atoms with van der Waals surface area (Å²) in [6.07, 6.45) is 7.87. The summed E-state index contributed by atoms with van der Waals surface area (Å²) in [7, 11) is 0. The zero-order valence-corrected chi connectivity index (χ0v) is 17.6. The highest BCUT2D eigenvalue weighted by molar-refractivity contribution is 5.83. The molecular formula is C21H28N8O. The minimum Gasteiger partial charge on any atom is -0.376 e. The second kappa shape index (κ2) is 8.14. The van der Waals surface area contributed by atoms with Gasteiger partial charge < -0.3 is 19.1 Å². The van der Waals surface area contributed by atoms with Crippen LogP contribution in [0.3, 0.4) is 0 Å². The smallest absolute Gasteiger partial charge is 0.165 e. The number of hydrogen-bond donors (Lipinski definition) is 0. The fourth-order valence-electron chi connectivity index (χ4n) is 4.21. The lowest BCUT2D eigenvalue weighted by molar-refractivity contribution is 0.0978. The van der Waals surface area contributed by atoms with Crippen LogP contribution in [0.15, 0.2) is 24.9 Å². The van der Waals surface area contributed by atoms with Crippen molar-refractivity contribution in [1.29, 1.82) is 0 Å². The van der Waals surface area contributed by atoms with Crippen LogP contribution in [0.4, 0.5) is 11.6 Å². The molecule has 0 bridgehead atoms. The van der Waals surface area contributed by atoms with E-state index >= 15 is 0 Å². The van der Waals surface area contributed by atoms with Crippen LogP contribution in [0.25, 0.3) is 11.2 Å². The number of anilines is 2. The fraction of sp³-hybridized carbons (Fsp3) is 0.571. The summed E-state index contributed by atoms with van der Waals surface area (Å²) in [5, 5.41) is 0. The number of rotatable bonds is 5. The molecule has 0 amide bonds. The van der Waals surface area contributed by atoms with E-state index in [1.807, 2.05) is 18.6 Å². The average Bonchev–Trinajstić information content (AvgIpc) is 3.44. The number of piperazine rings is 1. The van der Waals surface area contributed by atoms with Crippen LogP contribution in [-0.4, -0.2) is 68.4 Å². The summed E-state index contributed by atoms with van der Waals surface area (Å²) in [5.41, 5.74) is 1.75. The quantitative estimate of drug-likeness (QED) is 0.635. The molecule has 0 radical (unpaired) electrons. The molecule has 1 atom stereocenters. The SMILES string of the molecule is CC(C)c1nccc(N2CCN(c3ncnc4c3ncn4CC3CCCO3)CC2)n1. The Morgan fingerprint density at radius 2 is 1.90 bits per heavy atom. The molecule has 0 aliphatic carbocycles. The van der Waals surface area contributed by atoms with E-state index in [9.17, 15) is 0 Å². The maximum Gasteiger partial charge on any atom is 0.165 e. The van der Waals surface area contributed by atoms with Crippen molar-refractivity contribution in [3.05, 3.63) is 30.7 Å². The highest BCUT2D eigenvalue weighted by atomic mass is 16.5. The highest BCUT2D eigenvalue weighted by Crippen LogP contribution is 2.25. The second-order valence-electron chi connectivity index (χ2n) is 8.30. The summed E-state index contributed by atoms with van der Waals surface area (Å²) in [6, 6.07) is 2.00. The molecule has 0 spiro atoms. The van der Waals surface area contributed by atoms with E-state index in [0.29, 0.717) is 5.92 Å². The maximum atomic E-state index is 5.78. The molecule has 1 unspecified atom stereocenters. The van der Waals surface area contributed by atoms with Gasteiger partial charge in [-0.3, -0.25) is 0 Å². The van der Waals surface area contributed by atoms with Crippen LogP contribution in [0, 0.1) is 0 Å². The van der Waals surface area contributed by atoms with Gasteiger partial charge in [-0.2, -0.15) is 0 Å². The predicted molar refractivity (Wildman–Crippen MR) is 115 cm³/mol. The Morgan fingerprint density at radius 1 is 1.07 bits per heavy atom. The van der Waals surface area contributed by atoms with Crippen molar-refractivity contribution in [1.82, 2.24) is 29.5 Å². The van der Waals surface area contributed by atoms with E-state index in [-0.39, 0.29) is 6.10 Å². The zero-order valence-electron chi connectivity index (χ0n) is 17.6. The Kier molecular flexibility index (Phi) is 5.20. The fourth-order valence-corrected chi connectivity index (χ4v) is 4.21. The Balaban J connectivity index is 1.31. The minimum absolute atomic E-state index is 0.257. The minimum atomic E-state index is 0.257. The van der Waals surface area contributed by atoms with E-state index < -0.39 is 0 Å². The standard InChI is InChI=1S/C21H28N8O/c1-15(2)19-22-6-5-17(26-19)27-7-9-28(10-8-27)20-18-21(24-13-23-20)29(14-25-18)12-16-4-3-11-30-16/h5-6,13-16H,3-4,7-12H2,1-2H3. The van der Waals surface area contributed by atoms with Gasteiger partial charge in [0.05, 0.1) is 19.0 Å². The Bertz CT molecular complexity index is 1010. The van der Waals surface area contributed by atoms with E-state index in [1.54, 1.807) is 6.33 Å². The lowest BCUT2D eigenvalue weighted by Crippen LogP contribution is -2.47. The van der Waals surface area contributed by atoms with E-state index in [4.69, 9.17) is 9.72 Å². The zero-order chi connectivity index (χ0) is 20.5. The van der Waals surface area contributed by atoms with Gasteiger partial charge in [0.15, 0.2) is 17.0 Å². The number of aromatic nitrogens is 6. The van der Waals surface area contributed by atoms with Crippen molar-refractivity contribution < 1.29 is 4.74 Å². The molecule has 0 aromatic carbocycles. The number of hydrogen-bond acceptors (Lipinski definition) is 8. The van der Waals surface area contributed by atoms with Gasteiger partial charge >= 0.3 is 0 Å². The van der Waals surface area contributed by atoms with Crippen molar-refractivity contribution >= 4 is 22.8 Å². The van der Waals surface area contributed by atoms with Gasteiger partial charge in [0.1, 0.15) is 18.0 Å². The molecule has 3 aromatic heterocycles. The average molecular weight is 409 g/mol. The Labute approximate surface area is 176 Å². The normalized spacial score (nSPS) is 19.9. The third kappa shape index (κ3) is 3.69. The topological polar surface area (TPSA) is 85.1 Å². The third-order valence-electron chi connectivity index (χ3n) is 5.89. The maximum absolute atomic E-state index is 5.78. The molecule has 9 heteroatoms. The van der Waals surface area contributed by atoms with Crippen molar-refractivity contribution in [2.75, 3.05) is 42.6 Å². The van der Waals surface area contributed by atoms with Crippen molar-refractivity contribution in [3.8, 4) is 0 Å². The third-order valence-corrected chi connectivity index (χ3v) is 5.89. The van der Waals surface area contributed by atoms with Gasteiger partial charge in [0.2, 0.25) is 0 Å². The lowest BCUT2D eigenvalue weighted by Gasteiger charge is -2.36. The molecule has 2 aliphatic rings. The molecule has 2 saturated heterocycles. The molecule has 3 aromatic rings. The van der Waals surface area contributed by atoms with Crippen LogP contribution in [0.2, 0.25) is 0 Å². The molecule has 9 nitrogen and oxygen atoms in total. The van der Waals surface area contributed by atoms with Gasteiger partial charge in [-0.15, -0.1) is 0 Å². The molecule has 5 rings (SSSR count). The number of fused-ring (bicyclic) bond motifs is 1. The molecular weight excluding hydrogens is 380 g/mol. The summed E-state index contributed by atoms with van der Waals surface area (Å²) in [4.78, 5) is 27.5. The Hall–Kier alpha value is -2.81. The van der Waals surface area contributed by atoms with Crippen LogP contribution in [-0.2, 0) is 11.3 Å². The van der Waals surface area contributed by atoms with E-state index in [0.717, 1.165) is 80.8 Å². The molecule has 5 heterocycles. The molecule has 2 aliphatic heterocycles. The first-order chi connectivity index (χ1) is 14.7.